The molecule has 7 heteroatoms. The summed E-state index contributed by atoms with van der Waals surface area (Å²) in [6.45, 7) is 1.91. The molecular weight excluding hydrogens is 270 g/mol. The summed E-state index contributed by atoms with van der Waals surface area (Å²) in [5.74, 6) is 0.391. The van der Waals surface area contributed by atoms with Crippen LogP contribution in [0.2, 0.25) is 0 Å². The Hall–Kier alpha value is -1.21. The monoisotopic (exact) mass is 283 g/mol. The van der Waals surface area contributed by atoms with E-state index in [0.717, 1.165) is 16.9 Å². The van der Waals surface area contributed by atoms with Gasteiger partial charge in [-0.3, -0.25) is 4.57 Å². The minimum Gasteiger partial charge on any atom is -0.329 e. The van der Waals surface area contributed by atoms with Crippen LogP contribution in [-0.4, -0.2) is 34.5 Å². The number of fused-ring (bicyclic) bond motifs is 1. The number of hydrogen-bond acceptors (Lipinski definition) is 4. The third-order valence-corrected chi connectivity index (χ3v) is 5.33. The molecule has 1 N–H and O–H groups in total. The van der Waals surface area contributed by atoms with E-state index < -0.39 is 9.84 Å². The Balaban J connectivity index is 2.20. The van der Waals surface area contributed by atoms with Gasteiger partial charge in [-0.2, -0.15) is 0 Å². The zero-order chi connectivity index (χ0) is 12.9. The van der Waals surface area contributed by atoms with Crippen molar-refractivity contribution in [2.24, 2.45) is 0 Å². The van der Waals surface area contributed by atoms with E-state index in [1.54, 1.807) is 0 Å². The van der Waals surface area contributed by atoms with E-state index in [1.165, 1.54) is 0 Å². The van der Waals surface area contributed by atoms with Gasteiger partial charge < -0.3 is 4.98 Å². The molecule has 18 heavy (non-hydrogen) atoms. The lowest BCUT2D eigenvalue weighted by atomic mass is 10.2. The average Bonchev–Trinajstić information content (AvgIpc) is 2.77. The summed E-state index contributed by atoms with van der Waals surface area (Å²) in [6, 6.07) is 3.74. The van der Waals surface area contributed by atoms with Crippen LogP contribution >= 0.6 is 12.2 Å². The molecule has 0 saturated carbocycles. The number of pyridine rings is 1. The molecule has 1 aliphatic rings. The van der Waals surface area contributed by atoms with Crippen LogP contribution in [0.4, 0.5) is 0 Å². The van der Waals surface area contributed by atoms with Gasteiger partial charge in [-0.1, -0.05) is 0 Å². The van der Waals surface area contributed by atoms with Crippen molar-refractivity contribution in [3.8, 4) is 0 Å². The molecule has 1 atom stereocenters. The lowest BCUT2D eigenvalue weighted by Crippen LogP contribution is -2.11. The molecule has 5 nitrogen and oxygen atoms in total. The second kappa shape index (κ2) is 3.89. The standard InChI is InChI=1S/C11H13N3O2S2/c1-7-2-3-9-10(12-7)14(11(17)13-9)8-4-5-18(15,16)6-8/h2-3,8H,4-6H2,1H3,(H,13,17). The van der Waals surface area contributed by atoms with Crippen LogP contribution in [-0.2, 0) is 9.84 Å². The molecule has 3 heterocycles. The molecule has 2 aromatic rings. The molecule has 1 fully saturated rings. The summed E-state index contributed by atoms with van der Waals surface area (Å²) >= 11 is 5.28. The number of sulfone groups is 1. The SMILES string of the molecule is Cc1ccc2[nH]c(=S)n(C3CCS(=O)(=O)C3)c2n1. The van der Waals surface area contributed by atoms with Crippen molar-refractivity contribution in [1.82, 2.24) is 14.5 Å². The number of H-pyrrole nitrogens is 1. The molecule has 0 spiro atoms. The number of aryl methyl sites for hydroxylation is 1. The van der Waals surface area contributed by atoms with Crippen molar-refractivity contribution in [2.45, 2.75) is 19.4 Å². The van der Waals surface area contributed by atoms with E-state index in [2.05, 4.69) is 9.97 Å². The summed E-state index contributed by atoms with van der Waals surface area (Å²) in [5.41, 5.74) is 2.50. The van der Waals surface area contributed by atoms with E-state index in [-0.39, 0.29) is 17.5 Å². The molecule has 3 rings (SSSR count). The minimum atomic E-state index is -2.93. The average molecular weight is 283 g/mol. The van der Waals surface area contributed by atoms with Gasteiger partial charge in [-0.15, -0.1) is 0 Å². The van der Waals surface area contributed by atoms with Gasteiger partial charge in [-0.05, 0) is 37.7 Å². The summed E-state index contributed by atoms with van der Waals surface area (Å²) in [4.78, 5) is 7.54. The van der Waals surface area contributed by atoms with Crippen molar-refractivity contribution in [3.63, 3.8) is 0 Å². The van der Waals surface area contributed by atoms with Gasteiger partial charge in [0.2, 0.25) is 0 Å². The molecule has 1 unspecified atom stereocenters. The van der Waals surface area contributed by atoms with Crippen LogP contribution in [0, 0.1) is 11.7 Å². The fourth-order valence-electron chi connectivity index (χ4n) is 2.41. The highest BCUT2D eigenvalue weighted by Gasteiger charge is 2.30. The highest BCUT2D eigenvalue weighted by Crippen LogP contribution is 2.27. The third-order valence-electron chi connectivity index (χ3n) is 3.28. The van der Waals surface area contributed by atoms with Crippen LogP contribution in [0.5, 0.6) is 0 Å². The maximum atomic E-state index is 11.6. The zero-order valence-corrected chi connectivity index (χ0v) is 11.5. The molecule has 1 saturated heterocycles. The first-order valence-electron chi connectivity index (χ1n) is 5.74. The predicted molar refractivity (Wildman–Crippen MR) is 72.0 cm³/mol. The van der Waals surface area contributed by atoms with Crippen LogP contribution in [0.1, 0.15) is 18.2 Å². The number of imidazole rings is 1. The fraction of sp³-hybridized carbons (Fsp3) is 0.455. The molecule has 2 aromatic heterocycles. The summed E-state index contributed by atoms with van der Waals surface area (Å²) < 4.78 is 25.5. The highest BCUT2D eigenvalue weighted by atomic mass is 32.2. The van der Waals surface area contributed by atoms with Gasteiger partial charge in [0.1, 0.15) is 0 Å². The van der Waals surface area contributed by atoms with E-state index in [0.29, 0.717) is 11.2 Å². The first-order valence-corrected chi connectivity index (χ1v) is 7.97. The molecule has 0 amide bonds. The van der Waals surface area contributed by atoms with E-state index >= 15 is 0 Å². The smallest absolute Gasteiger partial charge is 0.179 e. The van der Waals surface area contributed by atoms with Gasteiger partial charge in [0.05, 0.1) is 23.1 Å². The number of aromatic nitrogens is 3. The number of nitrogens with zero attached hydrogens (tertiary/aromatic N) is 2. The van der Waals surface area contributed by atoms with Crippen molar-refractivity contribution in [2.75, 3.05) is 11.5 Å². The maximum absolute atomic E-state index is 11.6. The largest absolute Gasteiger partial charge is 0.329 e. The minimum absolute atomic E-state index is 0.0921. The Morgan fingerprint density at radius 3 is 2.94 bits per heavy atom. The molecule has 96 valence electrons. The first-order chi connectivity index (χ1) is 8.46. The van der Waals surface area contributed by atoms with Gasteiger partial charge in [0, 0.05) is 5.69 Å². The fourth-order valence-corrected chi connectivity index (χ4v) is 4.46. The number of rotatable bonds is 1. The lowest BCUT2D eigenvalue weighted by Gasteiger charge is -2.10. The summed E-state index contributed by atoms with van der Waals surface area (Å²) in [7, 11) is -2.93. The Labute approximate surface area is 110 Å². The first kappa shape index (κ1) is 11.9. The second-order valence-corrected chi connectivity index (χ2v) is 7.30. The Bertz CT molecular complexity index is 773. The van der Waals surface area contributed by atoms with Crippen LogP contribution in [0.15, 0.2) is 12.1 Å². The number of nitrogens with one attached hydrogen (secondary N) is 1. The van der Waals surface area contributed by atoms with Crippen molar-refractivity contribution in [3.05, 3.63) is 22.6 Å². The van der Waals surface area contributed by atoms with Crippen molar-refractivity contribution < 1.29 is 8.42 Å². The van der Waals surface area contributed by atoms with Crippen molar-refractivity contribution >= 4 is 33.2 Å². The molecule has 0 aliphatic carbocycles. The Morgan fingerprint density at radius 2 is 2.28 bits per heavy atom. The lowest BCUT2D eigenvalue weighted by molar-refractivity contribution is 0.559. The number of hydrogen-bond donors (Lipinski definition) is 1. The third kappa shape index (κ3) is 1.87. The quantitative estimate of drug-likeness (QED) is 0.810. The van der Waals surface area contributed by atoms with Crippen molar-refractivity contribution in [1.29, 1.82) is 0 Å². The summed E-state index contributed by atoms with van der Waals surface area (Å²) in [5, 5.41) is 0. The van der Waals surface area contributed by atoms with Crippen LogP contribution < -0.4 is 0 Å². The van der Waals surface area contributed by atoms with Gasteiger partial charge in [0.15, 0.2) is 20.3 Å². The second-order valence-electron chi connectivity index (χ2n) is 4.68. The Morgan fingerprint density at radius 1 is 1.50 bits per heavy atom. The van der Waals surface area contributed by atoms with Gasteiger partial charge >= 0.3 is 0 Å². The van der Waals surface area contributed by atoms with Gasteiger partial charge in [0.25, 0.3) is 0 Å². The topological polar surface area (TPSA) is 67.8 Å². The molecule has 0 radical (unpaired) electrons. The van der Waals surface area contributed by atoms with Gasteiger partial charge in [-0.25, -0.2) is 13.4 Å². The highest BCUT2D eigenvalue weighted by molar-refractivity contribution is 7.91. The van der Waals surface area contributed by atoms with E-state index in [9.17, 15) is 8.42 Å². The van der Waals surface area contributed by atoms with E-state index in [4.69, 9.17) is 12.2 Å². The van der Waals surface area contributed by atoms with E-state index in [1.807, 2.05) is 23.6 Å². The predicted octanol–water partition coefficient (Wildman–Crippen LogP) is 1.76. The molecular formula is C11H13N3O2S2. The maximum Gasteiger partial charge on any atom is 0.179 e. The van der Waals surface area contributed by atoms with Crippen LogP contribution in [0.25, 0.3) is 11.2 Å². The molecule has 0 bridgehead atoms. The Kier molecular flexibility index (Phi) is 2.56. The normalized spacial score (nSPS) is 22.6. The number of aromatic amines is 1. The molecule has 0 aromatic carbocycles. The molecule has 1 aliphatic heterocycles. The summed E-state index contributed by atoms with van der Waals surface area (Å²) in [6.07, 6.45) is 0.610. The van der Waals surface area contributed by atoms with Crippen LogP contribution in [0.3, 0.4) is 0 Å². The zero-order valence-electron chi connectivity index (χ0n) is 9.88.